The number of nitrogens with zero attached hydrogens (tertiary/aromatic N) is 2. The molecule has 0 saturated carbocycles. The molecule has 1 amide bonds. The maximum absolute atomic E-state index is 12.2. The highest BCUT2D eigenvalue weighted by Gasteiger charge is 2.17. The van der Waals surface area contributed by atoms with Gasteiger partial charge in [-0.2, -0.15) is 0 Å². The minimum Gasteiger partial charge on any atom is -0.352 e. The van der Waals surface area contributed by atoms with Gasteiger partial charge in [-0.15, -0.1) is 0 Å². The van der Waals surface area contributed by atoms with Crippen LogP contribution in [0.3, 0.4) is 0 Å². The Balaban J connectivity index is 1.37. The molecule has 0 fully saturated rings. The molecule has 1 aliphatic heterocycles. The number of aliphatic imine (C=N–C) groups is 1. The molecule has 1 heterocycles. The van der Waals surface area contributed by atoms with E-state index in [-0.39, 0.29) is 5.91 Å². The second-order valence-corrected chi connectivity index (χ2v) is 8.50. The van der Waals surface area contributed by atoms with Crippen LogP contribution in [0.4, 0.5) is 5.69 Å². The highest BCUT2D eigenvalue weighted by Crippen LogP contribution is 2.22. The molecule has 0 atom stereocenters. The molecule has 0 unspecified atom stereocenters. The van der Waals surface area contributed by atoms with Crippen LogP contribution in [0.25, 0.3) is 11.1 Å². The topological polar surface area (TPSA) is 56.7 Å². The molecule has 2 N–H and O–H groups in total. The molecule has 3 aromatic rings. The van der Waals surface area contributed by atoms with Crippen molar-refractivity contribution in [2.75, 3.05) is 25.0 Å². The first-order valence-corrected chi connectivity index (χ1v) is 11.2. The fourth-order valence-electron chi connectivity index (χ4n) is 3.64. The van der Waals surface area contributed by atoms with Gasteiger partial charge in [0.25, 0.3) is 5.91 Å². The van der Waals surface area contributed by atoms with Gasteiger partial charge in [-0.05, 0) is 46.9 Å². The number of guanidine groups is 1. The Morgan fingerprint density at radius 3 is 2.25 bits per heavy atom. The van der Waals surface area contributed by atoms with E-state index in [1.54, 1.807) is 0 Å². The highest BCUT2D eigenvalue weighted by molar-refractivity contribution is 5.95. The van der Waals surface area contributed by atoms with Crippen LogP contribution >= 0.6 is 0 Å². The molecule has 0 spiro atoms. The molecule has 4 rings (SSSR count). The van der Waals surface area contributed by atoms with Gasteiger partial charge in [-0.3, -0.25) is 9.79 Å². The molecule has 5 nitrogen and oxygen atoms in total. The van der Waals surface area contributed by atoms with Crippen LogP contribution in [0.1, 0.15) is 29.8 Å². The molecule has 164 valence electrons. The van der Waals surface area contributed by atoms with Crippen molar-refractivity contribution in [2.24, 2.45) is 10.9 Å². The van der Waals surface area contributed by atoms with E-state index in [2.05, 4.69) is 58.6 Å². The third kappa shape index (κ3) is 5.55. The van der Waals surface area contributed by atoms with Crippen LogP contribution in [-0.2, 0) is 6.54 Å². The van der Waals surface area contributed by atoms with E-state index in [9.17, 15) is 4.79 Å². The maximum Gasteiger partial charge on any atom is 0.251 e. The predicted molar refractivity (Wildman–Crippen MR) is 132 cm³/mol. The second kappa shape index (κ2) is 10.1. The Morgan fingerprint density at radius 1 is 0.938 bits per heavy atom. The maximum atomic E-state index is 12.2. The fraction of sp³-hybridized carbons (Fsp3) is 0.259. The molecule has 1 aliphatic rings. The largest absolute Gasteiger partial charge is 0.352 e. The van der Waals surface area contributed by atoms with Crippen molar-refractivity contribution in [3.63, 3.8) is 0 Å². The Hall–Kier alpha value is -3.60. The minimum atomic E-state index is -0.0206. The molecule has 3 aromatic carbocycles. The van der Waals surface area contributed by atoms with Gasteiger partial charge in [0, 0.05) is 30.9 Å². The molecule has 0 bridgehead atoms. The van der Waals surface area contributed by atoms with Gasteiger partial charge in [0.15, 0.2) is 5.96 Å². The van der Waals surface area contributed by atoms with Crippen molar-refractivity contribution in [1.29, 1.82) is 0 Å². The molecule has 32 heavy (non-hydrogen) atoms. The van der Waals surface area contributed by atoms with Crippen LogP contribution in [-0.4, -0.2) is 36.4 Å². The van der Waals surface area contributed by atoms with Gasteiger partial charge in [0.05, 0.1) is 6.54 Å². The van der Waals surface area contributed by atoms with Crippen molar-refractivity contribution >= 4 is 17.6 Å². The van der Waals surface area contributed by atoms with E-state index in [4.69, 9.17) is 0 Å². The Kier molecular flexibility index (Phi) is 6.85. The molecule has 5 heteroatoms. The zero-order chi connectivity index (χ0) is 22.3. The minimum absolute atomic E-state index is 0.0206. The third-order valence-electron chi connectivity index (χ3n) is 5.44. The van der Waals surface area contributed by atoms with Crippen LogP contribution < -0.4 is 10.6 Å². The summed E-state index contributed by atoms with van der Waals surface area (Å²) in [6.07, 6.45) is 0. The summed E-state index contributed by atoms with van der Waals surface area (Å²) in [6.45, 7) is 7.40. The van der Waals surface area contributed by atoms with Crippen molar-refractivity contribution in [2.45, 2.75) is 20.4 Å². The normalized spacial score (nSPS) is 13.2. The summed E-state index contributed by atoms with van der Waals surface area (Å²) in [4.78, 5) is 19.1. The average Bonchev–Trinajstić information content (AvgIpc) is 3.25. The van der Waals surface area contributed by atoms with Crippen molar-refractivity contribution in [3.05, 3.63) is 90.0 Å². The summed E-state index contributed by atoms with van der Waals surface area (Å²) < 4.78 is 0. The van der Waals surface area contributed by atoms with Crippen molar-refractivity contribution in [1.82, 2.24) is 10.2 Å². The summed E-state index contributed by atoms with van der Waals surface area (Å²) in [5.74, 6) is 1.34. The van der Waals surface area contributed by atoms with Crippen LogP contribution in [0, 0.1) is 5.92 Å². The van der Waals surface area contributed by atoms with E-state index in [1.807, 2.05) is 54.6 Å². The van der Waals surface area contributed by atoms with E-state index in [0.29, 0.717) is 18.0 Å². The summed E-state index contributed by atoms with van der Waals surface area (Å²) in [5, 5.41) is 6.38. The van der Waals surface area contributed by atoms with Crippen molar-refractivity contribution < 1.29 is 4.79 Å². The number of carbonyl (C=O) groups excluding carboxylic acids is 1. The monoisotopic (exact) mass is 426 g/mol. The van der Waals surface area contributed by atoms with Crippen LogP contribution in [0.2, 0.25) is 0 Å². The first-order chi connectivity index (χ1) is 15.6. The standard InChI is InChI=1S/C27H30N4O/c1-20(2)18-29-26(32)24-14-12-23(13-15-24)22-10-8-21(9-11-22)19-31-17-16-28-27(31)30-25-6-4-3-5-7-25/h3-15,20H,16-19H2,1-2H3,(H,28,30)(H,29,32). The predicted octanol–water partition coefficient (Wildman–Crippen LogP) is 5.02. The lowest BCUT2D eigenvalue weighted by molar-refractivity contribution is 0.0949. The van der Waals surface area contributed by atoms with Gasteiger partial charge >= 0.3 is 0 Å². The number of carbonyl (C=O) groups is 1. The number of nitrogens with one attached hydrogen (secondary N) is 2. The van der Waals surface area contributed by atoms with E-state index >= 15 is 0 Å². The number of benzene rings is 3. The van der Waals surface area contributed by atoms with Gasteiger partial charge in [0.1, 0.15) is 0 Å². The lowest BCUT2D eigenvalue weighted by Crippen LogP contribution is -2.32. The lowest BCUT2D eigenvalue weighted by Gasteiger charge is -2.21. The van der Waals surface area contributed by atoms with Gasteiger partial charge < -0.3 is 15.5 Å². The smallest absolute Gasteiger partial charge is 0.251 e. The summed E-state index contributed by atoms with van der Waals surface area (Å²) in [7, 11) is 0. The molecule has 0 saturated heterocycles. The number of para-hydroxylation sites is 1. The number of hydrogen-bond donors (Lipinski definition) is 2. The average molecular weight is 427 g/mol. The molecule has 0 radical (unpaired) electrons. The third-order valence-corrected chi connectivity index (χ3v) is 5.44. The molecule has 0 aliphatic carbocycles. The number of anilines is 1. The van der Waals surface area contributed by atoms with Gasteiger partial charge in [0.2, 0.25) is 0 Å². The number of hydrogen-bond acceptors (Lipinski definition) is 4. The van der Waals surface area contributed by atoms with E-state index in [0.717, 1.165) is 42.4 Å². The molecule has 0 aromatic heterocycles. The SMILES string of the molecule is CC(C)CNC(=O)c1ccc(-c2ccc(CN3CCN=C3Nc3ccccc3)cc2)cc1. The summed E-state index contributed by atoms with van der Waals surface area (Å²) in [5.41, 5.74) is 5.22. The summed E-state index contributed by atoms with van der Waals surface area (Å²) in [6, 6.07) is 26.5. The summed E-state index contributed by atoms with van der Waals surface area (Å²) >= 11 is 0. The Labute approximate surface area is 190 Å². The quantitative estimate of drug-likeness (QED) is 0.558. The van der Waals surface area contributed by atoms with Gasteiger partial charge in [-0.25, -0.2) is 0 Å². The number of rotatable bonds is 7. The fourth-order valence-corrected chi connectivity index (χ4v) is 3.64. The first-order valence-electron chi connectivity index (χ1n) is 11.2. The Bertz CT molecular complexity index is 1060. The van der Waals surface area contributed by atoms with Crippen LogP contribution in [0.5, 0.6) is 0 Å². The first kappa shape index (κ1) is 21.6. The van der Waals surface area contributed by atoms with E-state index < -0.39 is 0 Å². The van der Waals surface area contributed by atoms with Gasteiger partial charge in [-0.1, -0.05) is 68.4 Å². The zero-order valence-electron chi connectivity index (χ0n) is 18.7. The molecular weight excluding hydrogens is 396 g/mol. The van der Waals surface area contributed by atoms with Crippen molar-refractivity contribution in [3.8, 4) is 11.1 Å². The highest BCUT2D eigenvalue weighted by atomic mass is 16.1. The number of amides is 1. The zero-order valence-corrected chi connectivity index (χ0v) is 18.7. The lowest BCUT2D eigenvalue weighted by atomic mass is 10.0. The second-order valence-electron chi connectivity index (χ2n) is 8.50. The van der Waals surface area contributed by atoms with Crippen LogP contribution in [0.15, 0.2) is 83.9 Å². The Morgan fingerprint density at radius 2 is 1.59 bits per heavy atom. The van der Waals surface area contributed by atoms with E-state index in [1.165, 1.54) is 5.56 Å². The molecular formula is C27H30N4O.